The van der Waals surface area contributed by atoms with Crippen molar-refractivity contribution in [2.45, 2.75) is 11.8 Å². The van der Waals surface area contributed by atoms with Crippen LogP contribution in [0.5, 0.6) is 11.5 Å². The second kappa shape index (κ2) is 8.13. The van der Waals surface area contributed by atoms with Gasteiger partial charge in [-0.1, -0.05) is 6.07 Å². The van der Waals surface area contributed by atoms with Crippen LogP contribution in [-0.4, -0.2) is 45.2 Å². The Balaban J connectivity index is 2.68. The third-order valence-electron chi connectivity index (χ3n) is 3.96. The SMILES string of the molecule is COc1ccc(S(=O)(=O)N(CC(=O)O)c2cccc([N+](=O)[O-])c2C)cc1OC. The first-order valence-electron chi connectivity index (χ1n) is 7.84. The maximum Gasteiger partial charge on any atom is 0.324 e. The van der Waals surface area contributed by atoms with Crippen LogP contribution in [0.4, 0.5) is 11.4 Å². The summed E-state index contributed by atoms with van der Waals surface area (Å²) in [5.74, 6) is -0.998. The maximum absolute atomic E-state index is 13.2. The zero-order chi connectivity index (χ0) is 21.1. The molecule has 0 atom stereocenters. The first kappa shape index (κ1) is 21.0. The maximum atomic E-state index is 13.2. The minimum atomic E-state index is -4.38. The molecular formula is C17H18N2O8S. The smallest absolute Gasteiger partial charge is 0.324 e. The molecular weight excluding hydrogens is 392 g/mol. The summed E-state index contributed by atoms with van der Waals surface area (Å²) >= 11 is 0. The summed E-state index contributed by atoms with van der Waals surface area (Å²) in [6.45, 7) is 0.436. The van der Waals surface area contributed by atoms with E-state index in [0.29, 0.717) is 4.31 Å². The van der Waals surface area contributed by atoms with E-state index in [-0.39, 0.29) is 33.3 Å². The Morgan fingerprint density at radius 3 is 2.36 bits per heavy atom. The van der Waals surface area contributed by atoms with Gasteiger partial charge in [-0.2, -0.15) is 0 Å². The number of methoxy groups -OCH3 is 2. The number of carboxylic acid groups (broad SMARTS) is 1. The van der Waals surface area contributed by atoms with Gasteiger partial charge in [-0.3, -0.25) is 19.2 Å². The van der Waals surface area contributed by atoms with Crippen molar-refractivity contribution < 1.29 is 32.7 Å². The summed E-state index contributed by atoms with van der Waals surface area (Å²) in [4.78, 5) is 21.6. The molecule has 0 aliphatic rings. The number of anilines is 1. The molecule has 10 nitrogen and oxygen atoms in total. The third kappa shape index (κ3) is 3.98. The molecule has 0 aliphatic heterocycles. The molecule has 0 spiro atoms. The van der Waals surface area contributed by atoms with E-state index in [1.165, 1.54) is 57.5 Å². The Bertz CT molecular complexity index is 1020. The number of nitrogens with zero attached hydrogens (tertiary/aromatic N) is 2. The molecule has 0 unspecified atom stereocenters. The van der Waals surface area contributed by atoms with Gasteiger partial charge in [0.15, 0.2) is 11.5 Å². The number of nitro benzene ring substituents is 1. The number of carbonyl (C=O) groups is 1. The largest absolute Gasteiger partial charge is 0.493 e. The number of aliphatic carboxylic acids is 1. The quantitative estimate of drug-likeness (QED) is 0.517. The van der Waals surface area contributed by atoms with Gasteiger partial charge in [0, 0.05) is 12.1 Å². The number of carboxylic acids is 1. The number of hydrogen-bond donors (Lipinski definition) is 1. The lowest BCUT2D eigenvalue weighted by molar-refractivity contribution is -0.385. The number of rotatable bonds is 8. The normalized spacial score (nSPS) is 11.0. The minimum absolute atomic E-state index is 0.0257. The first-order chi connectivity index (χ1) is 13.1. The average Bonchev–Trinajstić information content (AvgIpc) is 2.65. The second-order valence-corrected chi connectivity index (χ2v) is 7.46. The average molecular weight is 410 g/mol. The number of nitro groups is 1. The van der Waals surface area contributed by atoms with Gasteiger partial charge in [0.25, 0.3) is 15.7 Å². The third-order valence-corrected chi connectivity index (χ3v) is 5.72. The van der Waals surface area contributed by atoms with E-state index in [1.54, 1.807) is 0 Å². The molecule has 0 radical (unpaired) electrons. The van der Waals surface area contributed by atoms with E-state index in [4.69, 9.17) is 9.47 Å². The van der Waals surface area contributed by atoms with E-state index < -0.39 is 27.5 Å². The van der Waals surface area contributed by atoms with Gasteiger partial charge >= 0.3 is 5.97 Å². The van der Waals surface area contributed by atoms with Crippen LogP contribution in [-0.2, 0) is 14.8 Å². The first-order valence-corrected chi connectivity index (χ1v) is 9.28. The van der Waals surface area contributed by atoms with Crippen LogP contribution in [0.2, 0.25) is 0 Å². The molecule has 0 aliphatic carbocycles. The molecule has 0 bridgehead atoms. The van der Waals surface area contributed by atoms with Gasteiger partial charge in [0.1, 0.15) is 6.54 Å². The van der Waals surface area contributed by atoms with Crippen LogP contribution < -0.4 is 13.8 Å². The molecule has 28 heavy (non-hydrogen) atoms. The highest BCUT2D eigenvalue weighted by Gasteiger charge is 2.31. The summed E-state index contributed by atoms with van der Waals surface area (Å²) in [7, 11) is -1.67. The summed E-state index contributed by atoms with van der Waals surface area (Å²) in [5.41, 5.74) is -0.403. The van der Waals surface area contributed by atoms with E-state index in [9.17, 15) is 28.4 Å². The van der Waals surface area contributed by atoms with Gasteiger partial charge < -0.3 is 14.6 Å². The molecule has 2 aromatic rings. The predicted octanol–water partition coefficient (Wildman–Crippen LogP) is 2.20. The van der Waals surface area contributed by atoms with Crippen molar-refractivity contribution in [3.63, 3.8) is 0 Å². The van der Waals surface area contributed by atoms with Gasteiger partial charge in [-0.25, -0.2) is 8.42 Å². The van der Waals surface area contributed by atoms with Gasteiger partial charge in [0.2, 0.25) is 0 Å². The summed E-state index contributed by atoms with van der Waals surface area (Å²) < 4.78 is 37.1. The fourth-order valence-corrected chi connectivity index (χ4v) is 4.09. The highest BCUT2D eigenvalue weighted by atomic mass is 32.2. The topological polar surface area (TPSA) is 136 Å². The number of sulfonamides is 1. The van der Waals surface area contributed by atoms with Crippen LogP contribution in [0.1, 0.15) is 5.56 Å². The number of hydrogen-bond acceptors (Lipinski definition) is 7. The summed E-state index contributed by atoms with van der Waals surface area (Å²) in [6.07, 6.45) is 0. The Morgan fingerprint density at radius 2 is 1.82 bits per heavy atom. The zero-order valence-electron chi connectivity index (χ0n) is 15.3. The lowest BCUT2D eigenvalue weighted by atomic mass is 10.1. The second-order valence-electron chi connectivity index (χ2n) is 5.60. The van der Waals surface area contributed by atoms with Gasteiger partial charge in [0.05, 0.1) is 35.3 Å². The molecule has 2 aromatic carbocycles. The van der Waals surface area contributed by atoms with Gasteiger partial charge in [-0.15, -0.1) is 0 Å². The molecule has 0 fully saturated rings. The Labute approximate surface area is 161 Å². The van der Waals surface area contributed by atoms with Crippen molar-refractivity contribution in [2.75, 3.05) is 25.1 Å². The highest BCUT2D eigenvalue weighted by Crippen LogP contribution is 2.35. The fourth-order valence-electron chi connectivity index (χ4n) is 2.61. The Kier molecular flexibility index (Phi) is 6.09. The lowest BCUT2D eigenvalue weighted by Gasteiger charge is -2.24. The van der Waals surface area contributed by atoms with Crippen molar-refractivity contribution in [1.29, 1.82) is 0 Å². The number of ether oxygens (including phenoxy) is 2. The van der Waals surface area contributed by atoms with E-state index >= 15 is 0 Å². The molecule has 0 heterocycles. The van der Waals surface area contributed by atoms with Crippen molar-refractivity contribution in [1.82, 2.24) is 0 Å². The fraction of sp³-hybridized carbons (Fsp3) is 0.235. The van der Waals surface area contributed by atoms with Crippen molar-refractivity contribution in [3.05, 3.63) is 52.1 Å². The molecule has 0 aromatic heterocycles. The highest BCUT2D eigenvalue weighted by molar-refractivity contribution is 7.92. The van der Waals surface area contributed by atoms with Gasteiger partial charge in [-0.05, 0) is 25.1 Å². The monoisotopic (exact) mass is 410 g/mol. The molecule has 0 saturated carbocycles. The Hall–Kier alpha value is -3.34. The van der Waals surface area contributed by atoms with Crippen molar-refractivity contribution in [3.8, 4) is 11.5 Å². The summed E-state index contributed by atoms with van der Waals surface area (Å²) in [6, 6.07) is 7.60. The molecule has 1 N–H and O–H groups in total. The Morgan fingerprint density at radius 1 is 1.18 bits per heavy atom. The number of benzene rings is 2. The van der Waals surface area contributed by atoms with Crippen molar-refractivity contribution in [2.24, 2.45) is 0 Å². The molecule has 2 rings (SSSR count). The summed E-state index contributed by atoms with van der Waals surface area (Å²) in [5, 5.41) is 20.4. The van der Waals surface area contributed by atoms with E-state index in [1.807, 2.05) is 0 Å². The van der Waals surface area contributed by atoms with Crippen LogP contribution in [0.25, 0.3) is 0 Å². The molecule has 150 valence electrons. The lowest BCUT2D eigenvalue weighted by Crippen LogP contribution is -2.36. The molecule has 0 saturated heterocycles. The van der Waals surface area contributed by atoms with Crippen LogP contribution in [0, 0.1) is 17.0 Å². The van der Waals surface area contributed by atoms with Crippen molar-refractivity contribution >= 4 is 27.4 Å². The minimum Gasteiger partial charge on any atom is -0.493 e. The standard InChI is InChI=1S/C17H18N2O8S/c1-11-13(5-4-6-14(11)19(22)23)18(10-17(20)21)28(24,25)12-7-8-15(26-2)16(9-12)27-3/h4-9H,10H2,1-3H3,(H,20,21). The predicted molar refractivity (Wildman–Crippen MR) is 99.5 cm³/mol. The van der Waals surface area contributed by atoms with Crippen LogP contribution in [0.3, 0.4) is 0 Å². The van der Waals surface area contributed by atoms with Crippen LogP contribution >= 0.6 is 0 Å². The zero-order valence-corrected chi connectivity index (χ0v) is 16.1. The van der Waals surface area contributed by atoms with Crippen LogP contribution in [0.15, 0.2) is 41.3 Å². The molecule has 0 amide bonds. The van der Waals surface area contributed by atoms with E-state index in [2.05, 4.69) is 0 Å². The van der Waals surface area contributed by atoms with E-state index in [0.717, 1.165) is 0 Å². The molecule has 11 heteroatoms.